The van der Waals surface area contributed by atoms with Crippen molar-refractivity contribution in [1.82, 2.24) is 9.97 Å². The Bertz CT molecular complexity index is 292. The standard InChI is InChI=1S/C9H13N3/c1-6-5-11-9(12-8(6)10)7-3-2-4-7/h5,7H,2-4H2,1H3,(H2,10,11,12). The fourth-order valence-electron chi connectivity index (χ4n) is 1.33. The van der Waals surface area contributed by atoms with E-state index in [1.165, 1.54) is 19.3 Å². The molecule has 0 amide bonds. The minimum atomic E-state index is 0.577. The van der Waals surface area contributed by atoms with Crippen molar-refractivity contribution in [1.29, 1.82) is 0 Å². The van der Waals surface area contributed by atoms with Crippen LogP contribution in [0.2, 0.25) is 0 Å². The van der Waals surface area contributed by atoms with Gasteiger partial charge in [0.25, 0.3) is 0 Å². The van der Waals surface area contributed by atoms with Crippen LogP contribution in [0.1, 0.15) is 36.6 Å². The first-order valence-corrected chi connectivity index (χ1v) is 4.36. The van der Waals surface area contributed by atoms with Gasteiger partial charge in [0.05, 0.1) is 0 Å². The average molecular weight is 163 g/mol. The van der Waals surface area contributed by atoms with Crippen LogP contribution < -0.4 is 5.73 Å². The molecule has 1 heterocycles. The van der Waals surface area contributed by atoms with Crippen LogP contribution in [0.25, 0.3) is 0 Å². The molecule has 2 N–H and O–H groups in total. The predicted octanol–water partition coefficient (Wildman–Crippen LogP) is 1.63. The van der Waals surface area contributed by atoms with Crippen molar-refractivity contribution in [2.24, 2.45) is 0 Å². The number of nitrogens with zero attached hydrogens (tertiary/aromatic N) is 2. The van der Waals surface area contributed by atoms with Gasteiger partial charge in [-0.1, -0.05) is 6.42 Å². The Morgan fingerprint density at radius 3 is 2.75 bits per heavy atom. The smallest absolute Gasteiger partial charge is 0.133 e. The van der Waals surface area contributed by atoms with E-state index in [0.717, 1.165) is 11.4 Å². The molecule has 0 aliphatic heterocycles. The highest BCUT2D eigenvalue weighted by atomic mass is 14.9. The van der Waals surface area contributed by atoms with Crippen LogP contribution in [0, 0.1) is 6.92 Å². The lowest BCUT2D eigenvalue weighted by molar-refractivity contribution is 0.401. The fourth-order valence-corrected chi connectivity index (χ4v) is 1.33. The van der Waals surface area contributed by atoms with Crippen molar-refractivity contribution in [3.63, 3.8) is 0 Å². The second-order valence-electron chi connectivity index (χ2n) is 3.42. The highest BCUT2D eigenvalue weighted by Gasteiger charge is 2.22. The van der Waals surface area contributed by atoms with Gasteiger partial charge in [0.2, 0.25) is 0 Å². The second-order valence-corrected chi connectivity index (χ2v) is 3.42. The molecule has 1 aromatic heterocycles. The molecule has 0 spiro atoms. The minimum absolute atomic E-state index is 0.577. The van der Waals surface area contributed by atoms with Crippen molar-refractivity contribution in [2.45, 2.75) is 32.1 Å². The van der Waals surface area contributed by atoms with Gasteiger partial charge in [0.1, 0.15) is 11.6 Å². The van der Waals surface area contributed by atoms with E-state index in [2.05, 4.69) is 9.97 Å². The number of aryl methyl sites for hydroxylation is 1. The first-order valence-electron chi connectivity index (χ1n) is 4.36. The average Bonchev–Trinajstić information content (AvgIpc) is 1.93. The molecular weight excluding hydrogens is 150 g/mol. The first-order chi connectivity index (χ1) is 5.77. The summed E-state index contributed by atoms with van der Waals surface area (Å²) in [5.41, 5.74) is 6.66. The van der Waals surface area contributed by atoms with Crippen LogP contribution in [0.5, 0.6) is 0 Å². The van der Waals surface area contributed by atoms with Gasteiger partial charge in [-0.25, -0.2) is 9.97 Å². The van der Waals surface area contributed by atoms with Crippen LogP contribution in [0.3, 0.4) is 0 Å². The summed E-state index contributed by atoms with van der Waals surface area (Å²) in [5.74, 6) is 2.14. The van der Waals surface area contributed by atoms with Crippen molar-refractivity contribution in [2.75, 3.05) is 5.73 Å². The zero-order chi connectivity index (χ0) is 8.55. The van der Waals surface area contributed by atoms with E-state index in [1.807, 2.05) is 13.1 Å². The van der Waals surface area contributed by atoms with Gasteiger partial charge < -0.3 is 5.73 Å². The third-order valence-corrected chi connectivity index (χ3v) is 2.50. The Morgan fingerprint density at radius 2 is 2.25 bits per heavy atom. The quantitative estimate of drug-likeness (QED) is 0.684. The van der Waals surface area contributed by atoms with Crippen LogP contribution in [-0.2, 0) is 0 Å². The van der Waals surface area contributed by atoms with Crippen LogP contribution in [-0.4, -0.2) is 9.97 Å². The summed E-state index contributed by atoms with van der Waals surface area (Å²) < 4.78 is 0. The van der Waals surface area contributed by atoms with E-state index in [0.29, 0.717) is 11.7 Å². The molecule has 1 aromatic rings. The summed E-state index contributed by atoms with van der Waals surface area (Å²) in [7, 11) is 0. The van der Waals surface area contributed by atoms with Crippen molar-refractivity contribution in [3.8, 4) is 0 Å². The lowest BCUT2D eigenvalue weighted by Gasteiger charge is -2.23. The Hall–Kier alpha value is -1.12. The van der Waals surface area contributed by atoms with E-state index in [9.17, 15) is 0 Å². The number of nitrogens with two attached hydrogens (primary N) is 1. The minimum Gasteiger partial charge on any atom is -0.383 e. The van der Waals surface area contributed by atoms with Crippen molar-refractivity contribution >= 4 is 5.82 Å². The van der Waals surface area contributed by atoms with E-state index >= 15 is 0 Å². The third-order valence-electron chi connectivity index (χ3n) is 2.50. The summed E-state index contributed by atoms with van der Waals surface area (Å²) >= 11 is 0. The highest BCUT2D eigenvalue weighted by molar-refractivity contribution is 5.36. The molecule has 64 valence electrons. The van der Waals surface area contributed by atoms with Crippen LogP contribution >= 0.6 is 0 Å². The van der Waals surface area contributed by atoms with Crippen molar-refractivity contribution < 1.29 is 0 Å². The van der Waals surface area contributed by atoms with E-state index in [-0.39, 0.29) is 0 Å². The first kappa shape index (κ1) is 7.53. The maximum absolute atomic E-state index is 5.69. The number of nitrogen functional groups attached to an aromatic ring is 1. The molecule has 0 unspecified atom stereocenters. The molecule has 0 atom stereocenters. The van der Waals surface area contributed by atoms with Gasteiger partial charge >= 0.3 is 0 Å². The summed E-state index contributed by atoms with van der Waals surface area (Å²) in [6.07, 6.45) is 5.57. The SMILES string of the molecule is Cc1cnc(C2CCC2)nc1N. The number of rotatable bonds is 1. The Labute approximate surface area is 72.0 Å². The molecule has 1 aliphatic carbocycles. The largest absolute Gasteiger partial charge is 0.383 e. The van der Waals surface area contributed by atoms with Gasteiger partial charge in [0, 0.05) is 17.7 Å². The summed E-state index contributed by atoms with van der Waals surface area (Å²) in [4.78, 5) is 8.53. The Morgan fingerprint density at radius 1 is 1.50 bits per heavy atom. The zero-order valence-electron chi connectivity index (χ0n) is 7.25. The maximum Gasteiger partial charge on any atom is 0.133 e. The predicted molar refractivity (Wildman–Crippen MR) is 47.8 cm³/mol. The van der Waals surface area contributed by atoms with Crippen molar-refractivity contribution in [3.05, 3.63) is 17.6 Å². The Balaban J connectivity index is 2.27. The van der Waals surface area contributed by atoms with E-state index < -0.39 is 0 Å². The van der Waals surface area contributed by atoms with Gasteiger partial charge in [-0.05, 0) is 19.8 Å². The molecule has 12 heavy (non-hydrogen) atoms. The molecule has 1 aliphatic rings. The number of anilines is 1. The lowest BCUT2D eigenvalue weighted by Crippen LogP contribution is -2.13. The molecule has 3 heteroatoms. The second kappa shape index (κ2) is 2.73. The topological polar surface area (TPSA) is 51.8 Å². The lowest BCUT2D eigenvalue weighted by atomic mass is 9.85. The maximum atomic E-state index is 5.69. The summed E-state index contributed by atoms with van der Waals surface area (Å²) in [6, 6.07) is 0. The highest BCUT2D eigenvalue weighted by Crippen LogP contribution is 2.34. The molecule has 0 saturated heterocycles. The molecule has 0 bridgehead atoms. The molecular formula is C9H13N3. The molecule has 0 aromatic carbocycles. The molecule has 1 fully saturated rings. The molecule has 2 rings (SSSR count). The number of hydrogen-bond donors (Lipinski definition) is 1. The number of hydrogen-bond acceptors (Lipinski definition) is 3. The van der Waals surface area contributed by atoms with Gasteiger partial charge in [0.15, 0.2) is 0 Å². The van der Waals surface area contributed by atoms with Gasteiger partial charge in [-0.15, -0.1) is 0 Å². The fraction of sp³-hybridized carbons (Fsp3) is 0.556. The number of aromatic nitrogens is 2. The van der Waals surface area contributed by atoms with E-state index in [4.69, 9.17) is 5.73 Å². The van der Waals surface area contributed by atoms with Gasteiger partial charge in [-0.3, -0.25) is 0 Å². The normalized spacial score (nSPS) is 17.4. The zero-order valence-corrected chi connectivity index (χ0v) is 7.25. The monoisotopic (exact) mass is 163 g/mol. The van der Waals surface area contributed by atoms with E-state index in [1.54, 1.807) is 0 Å². The Kier molecular flexibility index (Phi) is 1.71. The van der Waals surface area contributed by atoms with Gasteiger partial charge in [-0.2, -0.15) is 0 Å². The molecule has 3 nitrogen and oxygen atoms in total. The third kappa shape index (κ3) is 1.15. The van der Waals surface area contributed by atoms with Crippen LogP contribution in [0.15, 0.2) is 6.20 Å². The molecule has 0 radical (unpaired) electrons. The molecule has 1 saturated carbocycles. The van der Waals surface area contributed by atoms with Crippen LogP contribution in [0.4, 0.5) is 5.82 Å². The summed E-state index contributed by atoms with van der Waals surface area (Å²) in [6.45, 7) is 1.93. The summed E-state index contributed by atoms with van der Waals surface area (Å²) in [5, 5.41) is 0.